The maximum atomic E-state index is 12.6. The number of esters is 2. The lowest BCUT2D eigenvalue weighted by Gasteiger charge is -2.23. The van der Waals surface area contributed by atoms with Gasteiger partial charge in [0, 0.05) is 17.4 Å². The number of hydrogen-bond acceptors (Lipinski definition) is 8. The molecule has 0 radical (unpaired) electrons. The van der Waals surface area contributed by atoms with Gasteiger partial charge in [-0.2, -0.15) is 0 Å². The summed E-state index contributed by atoms with van der Waals surface area (Å²) in [5, 5.41) is 15.3. The zero-order valence-electron chi connectivity index (χ0n) is 19.7. The quantitative estimate of drug-likeness (QED) is 0.371. The van der Waals surface area contributed by atoms with Crippen molar-refractivity contribution < 1.29 is 29.0 Å². The van der Waals surface area contributed by atoms with Gasteiger partial charge in [0.15, 0.2) is 0 Å². The molecule has 9 heteroatoms. The molecular formula is C24H32N2O6S. The van der Waals surface area contributed by atoms with Crippen molar-refractivity contribution in [3.8, 4) is 10.6 Å². The maximum absolute atomic E-state index is 12.6. The van der Waals surface area contributed by atoms with Crippen molar-refractivity contribution in [2.45, 2.75) is 59.5 Å². The van der Waals surface area contributed by atoms with Crippen LogP contribution in [0.1, 0.15) is 46.7 Å². The molecule has 8 nitrogen and oxygen atoms in total. The molecule has 0 saturated carbocycles. The molecule has 2 N–H and O–H groups in total. The molecule has 0 fully saturated rings. The number of nitrogens with one attached hydrogen (secondary N) is 1. The van der Waals surface area contributed by atoms with E-state index in [9.17, 15) is 19.5 Å². The fourth-order valence-electron chi connectivity index (χ4n) is 2.95. The summed E-state index contributed by atoms with van der Waals surface area (Å²) < 4.78 is 10.1. The summed E-state index contributed by atoms with van der Waals surface area (Å²) in [6.07, 6.45) is 0.474. The van der Waals surface area contributed by atoms with Gasteiger partial charge in [0.05, 0.1) is 11.1 Å². The van der Waals surface area contributed by atoms with E-state index in [1.54, 1.807) is 20.8 Å². The highest BCUT2D eigenvalue weighted by atomic mass is 32.1. The predicted molar refractivity (Wildman–Crippen MR) is 126 cm³/mol. The van der Waals surface area contributed by atoms with Gasteiger partial charge in [-0.25, -0.2) is 4.98 Å². The summed E-state index contributed by atoms with van der Waals surface area (Å²) in [5.74, 6) is -2.15. The van der Waals surface area contributed by atoms with Crippen LogP contribution in [0.3, 0.4) is 0 Å². The molecule has 0 spiro atoms. The topological polar surface area (TPSA) is 115 Å². The standard InChI is InChI=1S/C24H32N2O6S/c1-15(2)11-19(22(29)31-14-32-23(30)24(3,4)5)26-18(21(27)28)12-17-13-33-20(25-17)16-9-7-6-8-10-16/h6-10,13,15,18-19,26H,11-12,14H2,1-5H3,(H,27,28). The number of aliphatic carboxylic acids is 1. The molecular weight excluding hydrogens is 444 g/mol. The van der Waals surface area contributed by atoms with E-state index >= 15 is 0 Å². The number of carbonyl (C=O) groups excluding carboxylic acids is 2. The Hall–Kier alpha value is -2.78. The first-order valence-electron chi connectivity index (χ1n) is 10.8. The predicted octanol–water partition coefficient (Wildman–Crippen LogP) is 3.90. The Morgan fingerprint density at radius 3 is 2.33 bits per heavy atom. The zero-order valence-corrected chi connectivity index (χ0v) is 20.5. The lowest BCUT2D eigenvalue weighted by molar-refractivity contribution is -0.174. The van der Waals surface area contributed by atoms with Gasteiger partial charge in [-0.1, -0.05) is 44.2 Å². The molecule has 2 aromatic rings. The number of nitrogens with zero attached hydrogens (tertiary/aromatic N) is 1. The molecule has 1 heterocycles. The van der Waals surface area contributed by atoms with E-state index in [1.807, 2.05) is 49.6 Å². The van der Waals surface area contributed by atoms with Crippen molar-refractivity contribution in [1.82, 2.24) is 10.3 Å². The van der Waals surface area contributed by atoms with Gasteiger partial charge in [-0.05, 0) is 33.1 Å². The van der Waals surface area contributed by atoms with Crippen molar-refractivity contribution in [3.63, 3.8) is 0 Å². The van der Waals surface area contributed by atoms with E-state index in [-0.39, 0.29) is 12.3 Å². The Labute approximate surface area is 198 Å². The third-order valence-corrected chi connectivity index (χ3v) is 5.62. The van der Waals surface area contributed by atoms with E-state index in [0.29, 0.717) is 12.1 Å². The van der Waals surface area contributed by atoms with Crippen molar-refractivity contribution in [2.24, 2.45) is 11.3 Å². The fourth-order valence-corrected chi connectivity index (χ4v) is 3.78. The van der Waals surface area contributed by atoms with Gasteiger partial charge in [0.2, 0.25) is 6.79 Å². The molecule has 2 unspecified atom stereocenters. The molecule has 0 saturated heterocycles. The smallest absolute Gasteiger partial charge is 0.326 e. The summed E-state index contributed by atoms with van der Waals surface area (Å²) >= 11 is 1.44. The molecule has 0 bridgehead atoms. The minimum atomic E-state index is -1.09. The van der Waals surface area contributed by atoms with Gasteiger partial charge in [-0.15, -0.1) is 11.3 Å². The average Bonchev–Trinajstić information content (AvgIpc) is 3.20. The number of aromatic nitrogens is 1. The SMILES string of the molecule is CC(C)CC(NC(Cc1csc(-c2ccccc2)n1)C(=O)O)C(=O)OCOC(=O)C(C)(C)C. The van der Waals surface area contributed by atoms with E-state index < -0.39 is 42.2 Å². The van der Waals surface area contributed by atoms with Gasteiger partial charge in [0.1, 0.15) is 17.1 Å². The van der Waals surface area contributed by atoms with Gasteiger partial charge in [0.25, 0.3) is 0 Å². The fraction of sp³-hybridized carbons (Fsp3) is 0.500. The molecule has 2 rings (SSSR count). The van der Waals surface area contributed by atoms with Crippen molar-refractivity contribution in [1.29, 1.82) is 0 Å². The van der Waals surface area contributed by atoms with Crippen LogP contribution in [0, 0.1) is 11.3 Å². The number of rotatable bonds is 11. The van der Waals surface area contributed by atoms with Crippen molar-refractivity contribution >= 4 is 29.2 Å². The molecule has 0 amide bonds. The second-order valence-corrected chi connectivity index (χ2v) is 10.1. The first kappa shape index (κ1) is 26.5. The van der Waals surface area contributed by atoms with Gasteiger partial charge in [-0.3, -0.25) is 19.7 Å². The molecule has 2 atom stereocenters. The van der Waals surface area contributed by atoms with Gasteiger partial charge >= 0.3 is 17.9 Å². The Morgan fingerprint density at radius 2 is 1.76 bits per heavy atom. The number of hydrogen-bond donors (Lipinski definition) is 2. The monoisotopic (exact) mass is 476 g/mol. The van der Waals surface area contributed by atoms with Crippen LogP contribution in [0.4, 0.5) is 0 Å². The molecule has 1 aromatic heterocycles. The first-order valence-corrected chi connectivity index (χ1v) is 11.7. The van der Waals surface area contributed by atoms with Crippen molar-refractivity contribution in [2.75, 3.05) is 6.79 Å². The average molecular weight is 477 g/mol. The summed E-state index contributed by atoms with van der Waals surface area (Å²) in [5.41, 5.74) is 0.858. The second-order valence-electron chi connectivity index (χ2n) is 9.22. The summed E-state index contributed by atoms with van der Waals surface area (Å²) in [6, 6.07) is 7.72. The van der Waals surface area contributed by atoms with Crippen LogP contribution in [-0.2, 0) is 30.3 Å². The third kappa shape index (κ3) is 8.58. The maximum Gasteiger partial charge on any atom is 0.326 e. The number of carboxylic acids is 1. The highest BCUT2D eigenvalue weighted by molar-refractivity contribution is 7.13. The van der Waals surface area contributed by atoms with Crippen LogP contribution in [0.15, 0.2) is 35.7 Å². The molecule has 0 aliphatic carbocycles. The molecule has 0 aliphatic heterocycles. The first-order chi connectivity index (χ1) is 15.5. The normalized spacial score (nSPS) is 13.4. The molecule has 1 aromatic carbocycles. The lowest BCUT2D eigenvalue weighted by Crippen LogP contribution is -2.49. The summed E-state index contributed by atoms with van der Waals surface area (Å²) in [6.45, 7) is 8.40. The van der Waals surface area contributed by atoms with Crippen LogP contribution in [-0.4, -0.2) is 46.9 Å². The number of ether oxygens (including phenoxy) is 2. The van der Waals surface area contributed by atoms with Crippen LogP contribution >= 0.6 is 11.3 Å². The lowest BCUT2D eigenvalue weighted by atomic mass is 9.98. The van der Waals surface area contributed by atoms with Crippen molar-refractivity contribution in [3.05, 3.63) is 41.4 Å². The van der Waals surface area contributed by atoms with E-state index in [1.165, 1.54) is 11.3 Å². The highest BCUT2D eigenvalue weighted by Gasteiger charge is 2.30. The summed E-state index contributed by atoms with van der Waals surface area (Å²) in [4.78, 5) is 41.0. The van der Waals surface area contributed by atoms with Crippen LogP contribution in [0.5, 0.6) is 0 Å². The highest BCUT2D eigenvalue weighted by Crippen LogP contribution is 2.24. The number of thiazole rings is 1. The second kappa shape index (κ2) is 11.9. The van der Waals surface area contributed by atoms with E-state index in [4.69, 9.17) is 9.47 Å². The number of carbonyl (C=O) groups is 3. The molecule has 180 valence electrons. The van der Waals surface area contributed by atoms with Crippen LogP contribution < -0.4 is 5.32 Å². The third-order valence-electron chi connectivity index (χ3n) is 4.68. The largest absolute Gasteiger partial charge is 0.480 e. The van der Waals surface area contributed by atoms with Gasteiger partial charge < -0.3 is 14.6 Å². The van der Waals surface area contributed by atoms with Crippen LogP contribution in [0.25, 0.3) is 10.6 Å². The molecule has 33 heavy (non-hydrogen) atoms. The minimum absolute atomic E-state index is 0.102. The summed E-state index contributed by atoms with van der Waals surface area (Å²) in [7, 11) is 0. The van der Waals surface area contributed by atoms with Crippen LogP contribution in [0.2, 0.25) is 0 Å². The number of benzene rings is 1. The molecule has 0 aliphatic rings. The minimum Gasteiger partial charge on any atom is -0.480 e. The Morgan fingerprint density at radius 1 is 1.09 bits per heavy atom. The zero-order chi connectivity index (χ0) is 24.6. The Balaban J connectivity index is 2.04. The van der Waals surface area contributed by atoms with E-state index in [0.717, 1.165) is 10.6 Å². The Kier molecular flexibility index (Phi) is 9.55. The van der Waals surface area contributed by atoms with E-state index in [2.05, 4.69) is 10.3 Å². The number of carboxylic acid groups (broad SMARTS) is 1. The Bertz CT molecular complexity index is 936.